The minimum atomic E-state index is -4.41. The van der Waals surface area contributed by atoms with Crippen LogP contribution in [0.1, 0.15) is 47.1 Å². The van der Waals surface area contributed by atoms with Crippen LogP contribution in [-0.2, 0) is 11.0 Å². The molecular formula is C27H23F3N2O. The number of anilines is 2. The quantitative estimate of drug-likeness (QED) is 0.444. The number of benzene rings is 3. The number of ketones is 1. The molecular weight excluding hydrogens is 425 g/mol. The number of carbonyl (C=O) groups excluding carboxylic acids is 1. The lowest BCUT2D eigenvalue weighted by Gasteiger charge is -2.30. The number of allylic oxidation sites excluding steroid dienone is 1. The molecule has 2 atom stereocenters. The Kier molecular flexibility index (Phi) is 5.23. The van der Waals surface area contributed by atoms with E-state index in [-0.39, 0.29) is 11.7 Å². The van der Waals surface area contributed by atoms with E-state index in [1.54, 1.807) is 0 Å². The van der Waals surface area contributed by atoms with Gasteiger partial charge in [-0.3, -0.25) is 4.79 Å². The number of halogens is 3. The van der Waals surface area contributed by atoms with Crippen molar-refractivity contribution in [1.82, 2.24) is 0 Å². The Morgan fingerprint density at radius 1 is 0.818 bits per heavy atom. The standard InChI is InChI=1S/C27H23F3N2O/c1-16-6-8-17(9-7-16)19-14-23-25(24(33)15-19)26(32-22-5-3-2-4-21(22)31-23)18-10-12-20(13-11-18)27(28,29)30/h2-13,19,26,31-32H,14-15H2,1H3/t19-,26-/m1/s1. The molecule has 0 amide bonds. The van der Waals surface area contributed by atoms with Crippen molar-refractivity contribution in [2.75, 3.05) is 10.6 Å². The first kappa shape index (κ1) is 21.3. The largest absolute Gasteiger partial charge is 0.416 e. The van der Waals surface area contributed by atoms with Gasteiger partial charge in [0.25, 0.3) is 0 Å². The van der Waals surface area contributed by atoms with Crippen molar-refractivity contribution in [3.8, 4) is 0 Å². The molecule has 1 aliphatic heterocycles. The van der Waals surface area contributed by atoms with Crippen molar-refractivity contribution in [1.29, 1.82) is 0 Å². The smallest absolute Gasteiger partial charge is 0.372 e. The molecule has 2 N–H and O–H groups in total. The molecule has 1 heterocycles. The highest BCUT2D eigenvalue weighted by Crippen LogP contribution is 2.44. The van der Waals surface area contributed by atoms with Gasteiger partial charge in [0.15, 0.2) is 5.78 Å². The molecule has 0 fully saturated rings. The third kappa shape index (κ3) is 4.13. The van der Waals surface area contributed by atoms with Gasteiger partial charge in [-0.15, -0.1) is 0 Å². The Morgan fingerprint density at radius 3 is 2.12 bits per heavy atom. The summed E-state index contributed by atoms with van der Waals surface area (Å²) in [5.41, 5.74) is 5.24. The van der Waals surface area contributed by atoms with Crippen molar-refractivity contribution >= 4 is 17.2 Å². The fourth-order valence-electron chi connectivity index (χ4n) is 4.68. The van der Waals surface area contributed by atoms with E-state index in [9.17, 15) is 18.0 Å². The molecule has 0 unspecified atom stereocenters. The highest BCUT2D eigenvalue weighted by molar-refractivity contribution is 6.01. The maximum absolute atomic E-state index is 13.5. The topological polar surface area (TPSA) is 41.1 Å². The van der Waals surface area contributed by atoms with Crippen LogP contribution in [0.2, 0.25) is 0 Å². The fourth-order valence-corrected chi connectivity index (χ4v) is 4.68. The predicted octanol–water partition coefficient (Wildman–Crippen LogP) is 6.99. The number of carbonyl (C=O) groups is 1. The van der Waals surface area contributed by atoms with E-state index in [0.717, 1.165) is 40.3 Å². The number of fused-ring (bicyclic) bond motifs is 1. The summed E-state index contributed by atoms with van der Waals surface area (Å²) in [5, 5.41) is 6.86. The van der Waals surface area contributed by atoms with Crippen LogP contribution >= 0.6 is 0 Å². The van der Waals surface area contributed by atoms with Crippen molar-refractivity contribution < 1.29 is 18.0 Å². The van der Waals surface area contributed by atoms with E-state index < -0.39 is 17.8 Å². The van der Waals surface area contributed by atoms with Crippen LogP contribution < -0.4 is 10.6 Å². The van der Waals surface area contributed by atoms with Crippen LogP contribution in [0, 0.1) is 6.92 Å². The van der Waals surface area contributed by atoms with Crippen LogP contribution in [0.15, 0.2) is 84.1 Å². The summed E-state index contributed by atoms with van der Waals surface area (Å²) in [6.45, 7) is 2.03. The second kappa shape index (κ2) is 8.10. The summed E-state index contributed by atoms with van der Waals surface area (Å²) in [6, 6.07) is 20.4. The van der Waals surface area contributed by atoms with Gasteiger partial charge in [0.05, 0.1) is 23.0 Å². The maximum atomic E-state index is 13.5. The summed E-state index contributed by atoms with van der Waals surface area (Å²) in [5.74, 6) is 0.0439. The summed E-state index contributed by atoms with van der Waals surface area (Å²) >= 11 is 0. The molecule has 3 aromatic carbocycles. The third-order valence-electron chi connectivity index (χ3n) is 6.43. The molecule has 3 aromatic rings. The minimum absolute atomic E-state index is 0.000436. The van der Waals surface area contributed by atoms with Crippen molar-refractivity contribution in [2.24, 2.45) is 0 Å². The third-order valence-corrected chi connectivity index (χ3v) is 6.43. The van der Waals surface area contributed by atoms with Gasteiger partial charge in [0.1, 0.15) is 0 Å². The molecule has 0 radical (unpaired) electrons. The minimum Gasteiger partial charge on any atom is -0.372 e. The monoisotopic (exact) mass is 448 g/mol. The Labute approximate surface area is 190 Å². The van der Waals surface area contributed by atoms with Gasteiger partial charge in [-0.2, -0.15) is 13.2 Å². The second-order valence-corrected chi connectivity index (χ2v) is 8.70. The Bertz CT molecular complexity index is 1230. The molecule has 0 saturated heterocycles. The lowest BCUT2D eigenvalue weighted by molar-refractivity contribution is -0.137. The predicted molar refractivity (Wildman–Crippen MR) is 123 cm³/mol. The van der Waals surface area contributed by atoms with Gasteiger partial charge in [-0.05, 0) is 54.7 Å². The van der Waals surface area contributed by atoms with Gasteiger partial charge in [0, 0.05) is 17.7 Å². The lowest BCUT2D eigenvalue weighted by Crippen LogP contribution is -2.27. The SMILES string of the molecule is Cc1ccc([C@H]2CC(=O)C3=C(C2)Nc2ccccc2N[C@@H]3c2ccc(C(F)(F)F)cc2)cc1. The number of nitrogens with one attached hydrogen (secondary N) is 2. The number of para-hydroxylation sites is 2. The first-order valence-corrected chi connectivity index (χ1v) is 10.9. The number of Topliss-reactive ketones (excluding diaryl/α,β-unsaturated/α-hetero) is 1. The van der Waals surface area contributed by atoms with Gasteiger partial charge in [0.2, 0.25) is 0 Å². The number of hydrogen-bond acceptors (Lipinski definition) is 3. The van der Waals surface area contributed by atoms with E-state index in [1.807, 2.05) is 43.3 Å². The number of rotatable bonds is 2. The van der Waals surface area contributed by atoms with Crippen molar-refractivity contribution in [3.05, 3.63) is 106 Å². The van der Waals surface area contributed by atoms with Crippen LogP contribution in [0.4, 0.5) is 24.5 Å². The maximum Gasteiger partial charge on any atom is 0.416 e. The van der Waals surface area contributed by atoms with Gasteiger partial charge >= 0.3 is 6.18 Å². The molecule has 0 saturated carbocycles. The molecule has 0 aromatic heterocycles. The zero-order valence-electron chi connectivity index (χ0n) is 18.0. The average Bonchev–Trinajstić information content (AvgIpc) is 2.96. The van der Waals surface area contributed by atoms with Crippen molar-refractivity contribution in [2.45, 2.75) is 37.9 Å². The summed E-state index contributed by atoms with van der Waals surface area (Å²) in [4.78, 5) is 13.5. The molecule has 1 aliphatic carbocycles. The van der Waals surface area contributed by atoms with E-state index in [0.29, 0.717) is 24.0 Å². The van der Waals surface area contributed by atoms with Gasteiger partial charge in [-0.1, -0.05) is 54.1 Å². The van der Waals surface area contributed by atoms with E-state index in [4.69, 9.17) is 0 Å². The molecule has 0 bridgehead atoms. The van der Waals surface area contributed by atoms with Crippen LogP contribution in [0.25, 0.3) is 0 Å². The highest BCUT2D eigenvalue weighted by atomic mass is 19.4. The molecule has 33 heavy (non-hydrogen) atoms. The Hall–Kier alpha value is -3.54. The Morgan fingerprint density at radius 2 is 1.45 bits per heavy atom. The molecule has 0 spiro atoms. The zero-order chi connectivity index (χ0) is 23.2. The van der Waals surface area contributed by atoms with E-state index >= 15 is 0 Å². The summed E-state index contributed by atoms with van der Waals surface area (Å²) < 4.78 is 39.3. The summed E-state index contributed by atoms with van der Waals surface area (Å²) in [7, 11) is 0. The first-order valence-electron chi connectivity index (χ1n) is 10.9. The molecule has 2 aliphatic rings. The van der Waals surface area contributed by atoms with Crippen LogP contribution in [0.3, 0.4) is 0 Å². The lowest BCUT2D eigenvalue weighted by atomic mass is 9.78. The van der Waals surface area contributed by atoms with Crippen LogP contribution in [0.5, 0.6) is 0 Å². The zero-order valence-corrected chi connectivity index (χ0v) is 18.0. The number of alkyl halides is 3. The molecule has 5 rings (SSSR count). The molecule has 168 valence electrons. The second-order valence-electron chi connectivity index (χ2n) is 8.70. The van der Waals surface area contributed by atoms with E-state index in [2.05, 4.69) is 22.8 Å². The van der Waals surface area contributed by atoms with Crippen molar-refractivity contribution in [3.63, 3.8) is 0 Å². The average molecular weight is 448 g/mol. The number of hydrogen-bond donors (Lipinski definition) is 2. The molecule has 3 nitrogen and oxygen atoms in total. The molecule has 6 heteroatoms. The van der Waals surface area contributed by atoms with E-state index in [1.165, 1.54) is 12.1 Å². The first-order chi connectivity index (χ1) is 15.8. The normalized spacial score (nSPS) is 20.3. The van der Waals surface area contributed by atoms with Gasteiger partial charge in [-0.25, -0.2) is 0 Å². The number of aryl methyl sites for hydroxylation is 1. The van der Waals surface area contributed by atoms with Gasteiger partial charge < -0.3 is 10.6 Å². The fraction of sp³-hybridized carbons (Fsp3) is 0.222. The summed E-state index contributed by atoms with van der Waals surface area (Å²) in [6.07, 6.45) is -3.40. The Balaban J connectivity index is 1.57. The van der Waals surface area contributed by atoms with Crippen LogP contribution in [-0.4, -0.2) is 5.78 Å². The highest BCUT2D eigenvalue weighted by Gasteiger charge is 2.36.